The van der Waals surface area contributed by atoms with Crippen molar-refractivity contribution in [1.82, 2.24) is 20.2 Å². The molecule has 3 aromatic rings. The molecule has 2 aromatic carbocycles. The van der Waals surface area contributed by atoms with E-state index in [1.54, 1.807) is 12.1 Å². The van der Waals surface area contributed by atoms with Crippen LogP contribution in [0.1, 0.15) is 23.6 Å². The minimum atomic E-state index is -1.20. The summed E-state index contributed by atoms with van der Waals surface area (Å²) in [6, 6.07) is 7.03. The van der Waals surface area contributed by atoms with Gasteiger partial charge in [-0.15, -0.1) is 0 Å². The van der Waals surface area contributed by atoms with E-state index < -0.39 is 29.5 Å². The number of benzene rings is 2. The second-order valence-electron chi connectivity index (χ2n) is 6.75. The SMILES string of the molecule is CNC(=O)C(NC(=O)CCn1cnc2c(C)cccc2c1=O)c1ccc(F)c(F)c1. The average Bonchev–Trinajstić information content (AvgIpc) is 2.73. The molecule has 0 fully saturated rings. The van der Waals surface area contributed by atoms with Gasteiger partial charge in [0.25, 0.3) is 5.56 Å². The van der Waals surface area contributed by atoms with Gasteiger partial charge in [0.1, 0.15) is 6.04 Å². The summed E-state index contributed by atoms with van der Waals surface area (Å²) in [6.45, 7) is 1.89. The molecule has 0 aliphatic carbocycles. The van der Waals surface area contributed by atoms with Gasteiger partial charge in [0, 0.05) is 20.0 Å². The van der Waals surface area contributed by atoms with Crippen LogP contribution in [-0.4, -0.2) is 28.4 Å². The molecular formula is C21H20F2N4O3. The second kappa shape index (κ2) is 8.81. The van der Waals surface area contributed by atoms with E-state index in [1.807, 2.05) is 13.0 Å². The van der Waals surface area contributed by atoms with Crippen LogP contribution in [0, 0.1) is 18.6 Å². The number of hydrogen-bond donors (Lipinski definition) is 2. The molecule has 0 aliphatic rings. The van der Waals surface area contributed by atoms with Crippen molar-refractivity contribution in [3.05, 3.63) is 75.8 Å². The molecule has 1 unspecified atom stereocenters. The molecule has 30 heavy (non-hydrogen) atoms. The van der Waals surface area contributed by atoms with Crippen LogP contribution in [0.2, 0.25) is 0 Å². The first-order valence-electron chi connectivity index (χ1n) is 9.22. The van der Waals surface area contributed by atoms with Crippen molar-refractivity contribution < 1.29 is 18.4 Å². The van der Waals surface area contributed by atoms with Crippen LogP contribution in [0.3, 0.4) is 0 Å². The van der Waals surface area contributed by atoms with E-state index in [2.05, 4.69) is 15.6 Å². The number of carbonyl (C=O) groups is 2. The molecule has 0 bridgehead atoms. The number of aromatic nitrogens is 2. The highest BCUT2D eigenvalue weighted by molar-refractivity contribution is 5.88. The summed E-state index contributed by atoms with van der Waals surface area (Å²) in [5.74, 6) is -3.31. The normalized spacial score (nSPS) is 11.9. The van der Waals surface area contributed by atoms with Crippen LogP contribution in [-0.2, 0) is 16.1 Å². The fourth-order valence-electron chi connectivity index (χ4n) is 3.09. The molecule has 9 heteroatoms. The number of halogens is 2. The van der Waals surface area contributed by atoms with E-state index in [0.29, 0.717) is 10.9 Å². The van der Waals surface area contributed by atoms with Gasteiger partial charge in [-0.2, -0.15) is 0 Å². The Balaban J connectivity index is 1.75. The highest BCUT2D eigenvalue weighted by Crippen LogP contribution is 2.17. The number of likely N-dealkylation sites (N-methyl/N-ethyl adjacent to an activating group) is 1. The Labute approximate surface area is 170 Å². The molecule has 7 nitrogen and oxygen atoms in total. The Hall–Kier alpha value is -3.62. The zero-order valence-electron chi connectivity index (χ0n) is 16.4. The lowest BCUT2D eigenvalue weighted by Gasteiger charge is -2.18. The fourth-order valence-corrected chi connectivity index (χ4v) is 3.09. The zero-order valence-corrected chi connectivity index (χ0v) is 16.4. The summed E-state index contributed by atoms with van der Waals surface area (Å²) >= 11 is 0. The number of para-hydroxylation sites is 1. The fraction of sp³-hybridized carbons (Fsp3) is 0.238. The van der Waals surface area contributed by atoms with Gasteiger partial charge in [0.15, 0.2) is 11.6 Å². The van der Waals surface area contributed by atoms with Gasteiger partial charge in [-0.1, -0.05) is 18.2 Å². The molecule has 156 valence electrons. The molecule has 2 amide bonds. The largest absolute Gasteiger partial charge is 0.357 e. The summed E-state index contributed by atoms with van der Waals surface area (Å²) < 4.78 is 28.1. The van der Waals surface area contributed by atoms with Crippen LogP contribution >= 0.6 is 0 Å². The van der Waals surface area contributed by atoms with Gasteiger partial charge in [0.2, 0.25) is 11.8 Å². The number of rotatable bonds is 6. The Kier molecular flexibility index (Phi) is 6.20. The third kappa shape index (κ3) is 4.35. The lowest BCUT2D eigenvalue weighted by molar-refractivity contribution is -0.129. The smallest absolute Gasteiger partial charge is 0.261 e. The summed E-state index contributed by atoms with van der Waals surface area (Å²) in [5, 5.41) is 5.31. The van der Waals surface area contributed by atoms with E-state index >= 15 is 0 Å². The van der Waals surface area contributed by atoms with E-state index in [-0.39, 0.29) is 24.1 Å². The maximum Gasteiger partial charge on any atom is 0.261 e. The summed E-state index contributed by atoms with van der Waals surface area (Å²) in [7, 11) is 1.36. The summed E-state index contributed by atoms with van der Waals surface area (Å²) in [4.78, 5) is 41.4. The number of carbonyl (C=O) groups excluding carboxylic acids is 2. The van der Waals surface area contributed by atoms with E-state index in [0.717, 1.165) is 17.7 Å². The Morgan fingerprint density at radius 1 is 1.17 bits per heavy atom. The number of aryl methyl sites for hydroxylation is 2. The molecule has 1 heterocycles. The number of hydrogen-bond acceptors (Lipinski definition) is 4. The molecule has 3 rings (SSSR count). The van der Waals surface area contributed by atoms with Crippen molar-refractivity contribution in [2.24, 2.45) is 0 Å². The summed E-state index contributed by atoms with van der Waals surface area (Å²) in [5.41, 5.74) is 1.29. The van der Waals surface area contributed by atoms with Crippen LogP contribution in [0.5, 0.6) is 0 Å². The predicted molar refractivity (Wildman–Crippen MR) is 107 cm³/mol. The molecule has 0 saturated carbocycles. The van der Waals surface area contributed by atoms with Crippen LogP contribution in [0.4, 0.5) is 8.78 Å². The molecule has 2 N–H and O–H groups in total. The Bertz CT molecular complexity index is 1180. The van der Waals surface area contributed by atoms with Crippen molar-refractivity contribution in [3.8, 4) is 0 Å². The monoisotopic (exact) mass is 414 g/mol. The standard InChI is InChI=1S/C21H20F2N4O3/c1-12-4-3-5-14-18(12)25-11-27(21(14)30)9-8-17(28)26-19(20(29)24-2)13-6-7-15(22)16(23)10-13/h3-7,10-11,19H,8-9H2,1-2H3,(H,24,29)(H,26,28). The van der Waals surface area contributed by atoms with Gasteiger partial charge in [-0.05, 0) is 36.2 Å². The number of nitrogens with zero attached hydrogens (tertiary/aromatic N) is 2. The number of amides is 2. The maximum absolute atomic E-state index is 13.5. The first-order valence-corrected chi connectivity index (χ1v) is 9.22. The summed E-state index contributed by atoms with van der Waals surface area (Å²) in [6.07, 6.45) is 1.26. The topological polar surface area (TPSA) is 93.1 Å². The quantitative estimate of drug-likeness (QED) is 0.645. The van der Waals surface area contributed by atoms with Crippen LogP contribution in [0.25, 0.3) is 10.9 Å². The molecule has 1 aromatic heterocycles. The van der Waals surface area contributed by atoms with Crippen molar-refractivity contribution in [3.63, 3.8) is 0 Å². The molecule has 0 radical (unpaired) electrons. The van der Waals surface area contributed by atoms with Gasteiger partial charge in [0.05, 0.1) is 17.2 Å². The Morgan fingerprint density at radius 3 is 2.63 bits per heavy atom. The van der Waals surface area contributed by atoms with Crippen molar-refractivity contribution in [2.45, 2.75) is 25.9 Å². The predicted octanol–water partition coefficient (Wildman–Crippen LogP) is 1.98. The minimum absolute atomic E-state index is 0.0415. The molecule has 0 saturated heterocycles. The zero-order chi connectivity index (χ0) is 21.8. The van der Waals surface area contributed by atoms with E-state index in [1.165, 1.54) is 24.0 Å². The average molecular weight is 414 g/mol. The lowest BCUT2D eigenvalue weighted by atomic mass is 10.1. The first kappa shape index (κ1) is 21.1. The molecule has 0 spiro atoms. The van der Waals surface area contributed by atoms with Crippen molar-refractivity contribution in [2.75, 3.05) is 7.05 Å². The minimum Gasteiger partial charge on any atom is -0.357 e. The van der Waals surface area contributed by atoms with Gasteiger partial charge < -0.3 is 10.6 Å². The molecule has 0 aliphatic heterocycles. The lowest BCUT2D eigenvalue weighted by Crippen LogP contribution is -2.39. The first-order chi connectivity index (χ1) is 14.3. The second-order valence-corrected chi connectivity index (χ2v) is 6.75. The molecular weight excluding hydrogens is 394 g/mol. The van der Waals surface area contributed by atoms with Crippen LogP contribution < -0.4 is 16.2 Å². The number of nitrogens with one attached hydrogen (secondary N) is 2. The maximum atomic E-state index is 13.5. The van der Waals surface area contributed by atoms with E-state index in [4.69, 9.17) is 0 Å². The highest BCUT2D eigenvalue weighted by Gasteiger charge is 2.23. The third-order valence-electron chi connectivity index (χ3n) is 4.73. The van der Waals surface area contributed by atoms with Crippen LogP contribution in [0.15, 0.2) is 47.5 Å². The van der Waals surface area contributed by atoms with Gasteiger partial charge >= 0.3 is 0 Å². The highest BCUT2D eigenvalue weighted by atomic mass is 19.2. The third-order valence-corrected chi connectivity index (χ3v) is 4.73. The molecule has 1 atom stereocenters. The van der Waals surface area contributed by atoms with Gasteiger partial charge in [-0.25, -0.2) is 13.8 Å². The number of fused-ring (bicyclic) bond motifs is 1. The Morgan fingerprint density at radius 2 is 1.93 bits per heavy atom. The van der Waals surface area contributed by atoms with Gasteiger partial charge in [-0.3, -0.25) is 19.0 Å². The van der Waals surface area contributed by atoms with E-state index in [9.17, 15) is 23.2 Å². The van der Waals surface area contributed by atoms with Crippen molar-refractivity contribution in [1.29, 1.82) is 0 Å². The van der Waals surface area contributed by atoms with Crippen molar-refractivity contribution >= 4 is 22.7 Å².